The fraction of sp³-hybridized carbons (Fsp3) is 0.214. The number of ether oxygens (including phenoxy) is 1. The van der Waals surface area contributed by atoms with E-state index in [4.69, 9.17) is 10.5 Å². The van der Waals surface area contributed by atoms with E-state index in [0.717, 1.165) is 11.3 Å². The Kier molecular flexibility index (Phi) is 3.00. The first-order valence-electron chi connectivity index (χ1n) is 5.53. The maximum absolute atomic E-state index is 5.71. The summed E-state index contributed by atoms with van der Waals surface area (Å²) in [4.78, 5) is 4.15. The molecule has 0 amide bonds. The van der Waals surface area contributed by atoms with Crippen molar-refractivity contribution in [1.29, 1.82) is 0 Å². The highest BCUT2D eigenvalue weighted by atomic mass is 16.5. The van der Waals surface area contributed by atoms with Crippen LogP contribution in [0.25, 0.3) is 0 Å². The van der Waals surface area contributed by atoms with E-state index in [1.165, 1.54) is 11.1 Å². The Balaban J connectivity index is 2.28. The summed E-state index contributed by atoms with van der Waals surface area (Å²) in [5.41, 5.74) is 9.71. The van der Waals surface area contributed by atoms with Gasteiger partial charge >= 0.3 is 0 Å². The van der Waals surface area contributed by atoms with E-state index in [9.17, 15) is 0 Å². The molecule has 0 saturated heterocycles. The molecule has 17 heavy (non-hydrogen) atoms. The Morgan fingerprint density at radius 2 is 1.65 bits per heavy atom. The van der Waals surface area contributed by atoms with Crippen molar-refractivity contribution in [1.82, 2.24) is 4.98 Å². The molecule has 88 valence electrons. The average Bonchev–Trinajstić information content (AvgIpc) is 2.22. The highest BCUT2D eigenvalue weighted by Gasteiger charge is 2.02. The molecule has 2 aromatic rings. The summed E-state index contributed by atoms with van der Waals surface area (Å²) >= 11 is 0. The van der Waals surface area contributed by atoms with Gasteiger partial charge in [-0.3, -0.25) is 0 Å². The SMILES string of the molecule is Cc1cc(C)cc(Oc2cc(C)c(N)cn2)c1. The Morgan fingerprint density at radius 3 is 2.24 bits per heavy atom. The standard InChI is InChI=1S/C14H16N2O/c1-9-4-10(2)6-12(5-9)17-14-7-11(3)13(15)8-16-14/h4-8H,15H2,1-3H3. The first kappa shape index (κ1) is 11.5. The number of rotatable bonds is 2. The van der Waals surface area contributed by atoms with Crippen LogP contribution in [0, 0.1) is 20.8 Å². The topological polar surface area (TPSA) is 48.1 Å². The molecule has 0 bridgehead atoms. The average molecular weight is 228 g/mol. The van der Waals surface area contributed by atoms with Crippen LogP contribution in [0.15, 0.2) is 30.5 Å². The van der Waals surface area contributed by atoms with Gasteiger partial charge in [-0.05, 0) is 49.6 Å². The molecule has 0 radical (unpaired) electrons. The van der Waals surface area contributed by atoms with Crippen molar-refractivity contribution in [3.63, 3.8) is 0 Å². The summed E-state index contributed by atoms with van der Waals surface area (Å²) in [6, 6.07) is 7.92. The van der Waals surface area contributed by atoms with Crippen LogP contribution in [0.4, 0.5) is 5.69 Å². The maximum Gasteiger partial charge on any atom is 0.219 e. The Morgan fingerprint density at radius 1 is 1.00 bits per heavy atom. The van der Waals surface area contributed by atoms with Gasteiger partial charge in [-0.2, -0.15) is 0 Å². The van der Waals surface area contributed by atoms with Crippen LogP contribution in [0.3, 0.4) is 0 Å². The van der Waals surface area contributed by atoms with Crippen molar-refractivity contribution in [2.75, 3.05) is 5.73 Å². The zero-order valence-corrected chi connectivity index (χ0v) is 10.3. The number of benzene rings is 1. The molecule has 1 aromatic carbocycles. The van der Waals surface area contributed by atoms with E-state index in [1.54, 1.807) is 6.20 Å². The van der Waals surface area contributed by atoms with Crippen LogP contribution in [0.5, 0.6) is 11.6 Å². The Bertz CT molecular complexity index is 530. The molecular formula is C14H16N2O. The predicted molar refractivity (Wildman–Crippen MR) is 69.4 cm³/mol. The molecule has 0 spiro atoms. The number of hydrogen-bond donors (Lipinski definition) is 1. The summed E-state index contributed by atoms with van der Waals surface area (Å²) in [7, 11) is 0. The van der Waals surface area contributed by atoms with Gasteiger partial charge in [0.1, 0.15) is 5.75 Å². The molecule has 2 N–H and O–H groups in total. The second-order valence-electron chi connectivity index (χ2n) is 4.30. The number of aryl methyl sites for hydroxylation is 3. The van der Waals surface area contributed by atoms with Gasteiger partial charge < -0.3 is 10.5 Å². The molecule has 3 nitrogen and oxygen atoms in total. The van der Waals surface area contributed by atoms with Gasteiger partial charge in [0.2, 0.25) is 5.88 Å². The third kappa shape index (κ3) is 2.75. The number of aromatic nitrogens is 1. The second kappa shape index (κ2) is 4.45. The Labute approximate surface area is 101 Å². The molecule has 1 aromatic heterocycles. The minimum absolute atomic E-state index is 0.571. The van der Waals surface area contributed by atoms with Gasteiger partial charge in [-0.15, -0.1) is 0 Å². The molecule has 1 heterocycles. The predicted octanol–water partition coefficient (Wildman–Crippen LogP) is 3.38. The third-order valence-corrected chi connectivity index (χ3v) is 2.54. The Hall–Kier alpha value is -2.03. The highest BCUT2D eigenvalue weighted by Crippen LogP contribution is 2.24. The van der Waals surface area contributed by atoms with Gasteiger partial charge in [0, 0.05) is 6.07 Å². The fourth-order valence-electron chi connectivity index (χ4n) is 1.71. The van der Waals surface area contributed by atoms with Crippen molar-refractivity contribution in [2.24, 2.45) is 0 Å². The lowest BCUT2D eigenvalue weighted by Gasteiger charge is -2.08. The number of pyridine rings is 1. The molecule has 0 aliphatic carbocycles. The molecule has 0 aliphatic heterocycles. The van der Waals surface area contributed by atoms with Crippen LogP contribution in [-0.2, 0) is 0 Å². The number of nitrogen functional groups attached to an aromatic ring is 1. The summed E-state index contributed by atoms with van der Waals surface area (Å²) in [6.45, 7) is 6.02. The quantitative estimate of drug-likeness (QED) is 0.857. The van der Waals surface area contributed by atoms with Crippen LogP contribution in [-0.4, -0.2) is 4.98 Å². The van der Waals surface area contributed by atoms with E-state index in [2.05, 4.69) is 11.1 Å². The molecule has 0 aliphatic rings. The molecule has 0 saturated carbocycles. The van der Waals surface area contributed by atoms with Crippen LogP contribution in [0.2, 0.25) is 0 Å². The first-order chi connectivity index (χ1) is 8.04. The van der Waals surface area contributed by atoms with Crippen molar-refractivity contribution < 1.29 is 4.74 Å². The molecule has 0 atom stereocenters. The van der Waals surface area contributed by atoms with Crippen molar-refractivity contribution >= 4 is 5.69 Å². The van der Waals surface area contributed by atoms with E-state index in [0.29, 0.717) is 11.6 Å². The molecule has 3 heteroatoms. The number of nitrogens with two attached hydrogens (primary N) is 1. The van der Waals surface area contributed by atoms with E-state index < -0.39 is 0 Å². The number of anilines is 1. The third-order valence-electron chi connectivity index (χ3n) is 2.54. The van der Waals surface area contributed by atoms with E-state index in [-0.39, 0.29) is 0 Å². The van der Waals surface area contributed by atoms with Crippen molar-refractivity contribution in [3.05, 3.63) is 47.2 Å². The van der Waals surface area contributed by atoms with Crippen LogP contribution < -0.4 is 10.5 Å². The largest absolute Gasteiger partial charge is 0.439 e. The fourth-order valence-corrected chi connectivity index (χ4v) is 1.71. The van der Waals surface area contributed by atoms with Gasteiger partial charge in [0.25, 0.3) is 0 Å². The van der Waals surface area contributed by atoms with Gasteiger partial charge in [0.05, 0.1) is 11.9 Å². The maximum atomic E-state index is 5.71. The van der Waals surface area contributed by atoms with Gasteiger partial charge in [-0.25, -0.2) is 4.98 Å². The zero-order valence-electron chi connectivity index (χ0n) is 10.3. The van der Waals surface area contributed by atoms with Crippen LogP contribution in [0.1, 0.15) is 16.7 Å². The number of nitrogens with zero attached hydrogens (tertiary/aromatic N) is 1. The van der Waals surface area contributed by atoms with E-state index >= 15 is 0 Å². The lowest BCUT2D eigenvalue weighted by molar-refractivity contribution is 0.462. The molecule has 0 fully saturated rings. The van der Waals surface area contributed by atoms with Crippen molar-refractivity contribution in [2.45, 2.75) is 20.8 Å². The summed E-state index contributed by atoms with van der Waals surface area (Å²) in [5, 5.41) is 0. The normalized spacial score (nSPS) is 10.3. The summed E-state index contributed by atoms with van der Waals surface area (Å²) in [6.07, 6.45) is 1.62. The molecule has 0 unspecified atom stereocenters. The second-order valence-corrected chi connectivity index (χ2v) is 4.30. The van der Waals surface area contributed by atoms with Crippen molar-refractivity contribution in [3.8, 4) is 11.6 Å². The lowest BCUT2D eigenvalue weighted by Crippen LogP contribution is -1.94. The monoisotopic (exact) mass is 228 g/mol. The summed E-state index contributed by atoms with van der Waals surface area (Å²) in [5.74, 6) is 1.38. The number of hydrogen-bond acceptors (Lipinski definition) is 3. The zero-order chi connectivity index (χ0) is 12.4. The molecular weight excluding hydrogens is 212 g/mol. The minimum atomic E-state index is 0.571. The van der Waals surface area contributed by atoms with Gasteiger partial charge in [-0.1, -0.05) is 6.07 Å². The van der Waals surface area contributed by atoms with Gasteiger partial charge in [0.15, 0.2) is 0 Å². The van der Waals surface area contributed by atoms with E-state index in [1.807, 2.05) is 39.0 Å². The smallest absolute Gasteiger partial charge is 0.219 e. The van der Waals surface area contributed by atoms with Crippen LogP contribution >= 0.6 is 0 Å². The summed E-state index contributed by atoms with van der Waals surface area (Å²) < 4.78 is 5.71. The molecule has 2 rings (SSSR count). The first-order valence-corrected chi connectivity index (χ1v) is 5.53. The highest BCUT2D eigenvalue weighted by molar-refractivity contribution is 5.46. The minimum Gasteiger partial charge on any atom is -0.439 e. The lowest BCUT2D eigenvalue weighted by atomic mass is 10.1.